The summed E-state index contributed by atoms with van der Waals surface area (Å²) >= 11 is 0. The van der Waals surface area contributed by atoms with E-state index >= 15 is 0 Å². The van der Waals surface area contributed by atoms with E-state index in [9.17, 15) is 0 Å². The van der Waals surface area contributed by atoms with Crippen molar-refractivity contribution in [2.75, 3.05) is 5.73 Å². The molecule has 0 bridgehead atoms. The van der Waals surface area contributed by atoms with E-state index in [1.807, 2.05) is 0 Å². The minimum Gasteiger partial charge on any atom is -0.383 e. The molecule has 1 saturated carbocycles. The van der Waals surface area contributed by atoms with Gasteiger partial charge in [-0.1, -0.05) is 13.0 Å². The maximum Gasteiger partial charge on any atom is 0.127 e. The van der Waals surface area contributed by atoms with Crippen LogP contribution in [0.1, 0.15) is 36.9 Å². The first kappa shape index (κ1) is 7.59. The maximum absolute atomic E-state index is 5.83. The second-order valence-electron chi connectivity index (χ2n) is 3.40. The van der Waals surface area contributed by atoms with E-state index in [1.54, 1.807) is 0 Å². The third kappa shape index (κ3) is 1.29. The fraction of sp³-hybridized carbons (Fsp3) is 0.500. The lowest BCUT2D eigenvalue weighted by molar-refractivity contribution is 1.01. The van der Waals surface area contributed by atoms with Crippen LogP contribution < -0.4 is 5.73 Å². The highest BCUT2D eigenvalue weighted by Crippen LogP contribution is 2.42. The zero-order valence-electron chi connectivity index (χ0n) is 7.38. The number of nitrogen functional groups attached to an aromatic ring is 1. The molecule has 0 unspecified atom stereocenters. The highest BCUT2D eigenvalue weighted by atomic mass is 14.8. The predicted octanol–water partition coefficient (Wildman–Crippen LogP) is 2.10. The Morgan fingerprint density at radius 1 is 1.50 bits per heavy atom. The third-order valence-electron chi connectivity index (χ3n) is 2.39. The van der Waals surface area contributed by atoms with Crippen LogP contribution in [0.2, 0.25) is 0 Å². The predicted molar refractivity (Wildman–Crippen MR) is 50.0 cm³/mol. The van der Waals surface area contributed by atoms with Crippen molar-refractivity contribution in [2.45, 2.75) is 32.1 Å². The van der Waals surface area contributed by atoms with Gasteiger partial charge >= 0.3 is 0 Å². The Kier molecular flexibility index (Phi) is 1.75. The van der Waals surface area contributed by atoms with Crippen molar-refractivity contribution < 1.29 is 0 Å². The number of aryl methyl sites for hydroxylation is 1. The monoisotopic (exact) mass is 162 g/mol. The third-order valence-corrected chi connectivity index (χ3v) is 2.39. The Morgan fingerprint density at radius 3 is 2.75 bits per heavy atom. The molecule has 2 rings (SSSR count). The molecule has 0 radical (unpaired) electrons. The summed E-state index contributed by atoms with van der Waals surface area (Å²) in [6.45, 7) is 2.10. The summed E-state index contributed by atoms with van der Waals surface area (Å²) < 4.78 is 0. The number of aromatic nitrogens is 1. The van der Waals surface area contributed by atoms with Gasteiger partial charge in [0, 0.05) is 5.69 Å². The smallest absolute Gasteiger partial charge is 0.127 e. The van der Waals surface area contributed by atoms with Crippen molar-refractivity contribution in [1.82, 2.24) is 4.98 Å². The molecule has 0 aromatic carbocycles. The standard InChI is InChI=1S/C10H14N2/c1-2-8-5-6-9(7-3-4-7)10(11)12-8/h5-7H,2-4H2,1H3,(H2,11,12). The van der Waals surface area contributed by atoms with Crippen LogP contribution in [0.25, 0.3) is 0 Å². The molecule has 0 amide bonds. The number of pyridine rings is 1. The SMILES string of the molecule is CCc1ccc(C2CC2)c(N)n1. The Hall–Kier alpha value is -1.05. The highest BCUT2D eigenvalue weighted by molar-refractivity contribution is 5.44. The highest BCUT2D eigenvalue weighted by Gasteiger charge is 2.25. The number of nitrogens with zero attached hydrogens (tertiary/aromatic N) is 1. The first-order valence-electron chi connectivity index (χ1n) is 4.56. The topological polar surface area (TPSA) is 38.9 Å². The Balaban J connectivity index is 2.32. The summed E-state index contributed by atoms with van der Waals surface area (Å²) in [5.41, 5.74) is 8.18. The van der Waals surface area contributed by atoms with E-state index < -0.39 is 0 Å². The van der Waals surface area contributed by atoms with Crippen molar-refractivity contribution in [2.24, 2.45) is 0 Å². The largest absolute Gasteiger partial charge is 0.383 e. The number of anilines is 1. The molecule has 0 aliphatic heterocycles. The molecule has 1 aromatic rings. The van der Waals surface area contributed by atoms with Gasteiger partial charge in [0.1, 0.15) is 5.82 Å². The van der Waals surface area contributed by atoms with Crippen LogP contribution in [0.3, 0.4) is 0 Å². The van der Waals surface area contributed by atoms with Crippen molar-refractivity contribution in [1.29, 1.82) is 0 Å². The normalized spacial score (nSPS) is 16.4. The molecular formula is C10H14N2. The first-order valence-corrected chi connectivity index (χ1v) is 4.56. The molecule has 1 aliphatic carbocycles. The summed E-state index contributed by atoms with van der Waals surface area (Å²) in [4.78, 5) is 4.33. The number of rotatable bonds is 2. The van der Waals surface area contributed by atoms with Crippen LogP contribution in [0, 0.1) is 0 Å². The molecule has 2 nitrogen and oxygen atoms in total. The Labute approximate surface area is 72.8 Å². The van der Waals surface area contributed by atoms with Crippen LogP contribution in [-0.2, 0) is 6.42 Å². The zero-order valence-corrected chi connectivity index (χ0v) is 7.38. The van der Waals surface area contributed by atoms with Crippen LogP contribution in [0.5, 0.6) is 0 Å². The minimum absolute atomic E-state index is 0.711. The quantitative estimate of drug-likeness (QED) is 0.723. The summed E-state index contributed by atoms with van der Waals surface area (Å²) in [5.74, 6) is 1.46. The van der Waals surface area contributed by atoms with Crippen molar-refractivity contribution in [3.63, 3.8) is 0 Å². The van der Waals surface area contributed by atoms with Gasteiger partial charge in [0.25, 0.3) is 0 Å². The van der Waals surface area contributed by atoms with Gasteiger partial charge in [-0.3, -0.25) is 0 Å². The van der Waals surface area contributed by atoms with Gasteiger partial charge in [-0.15, -0.1) is 0 Å². The first-order chi connectivity index (χ1) is 5.81. The van der Waals surface area contributed by atoms with Crippen LogP contribution >= 0.6 is 0 Å². The molecule has 64 valence electrons. The van der Waals surface area contributed by atoms with Gasteiger partial charge in [0.2, 0.25) is 0 Å². The minimum atomic E-state index is 0.711. The molecule has 1 fully saturated rings. The van der Waals surface area contributed by atoms with Gasteiger partial charge in [0.05, 0.1) is 0 Å². The van der Waals surface area contributed by atoms with Gasteiger partial charge < -0.3 is 5.73 Å². The van der Waals surface area contributed by atoms with Crippen LogP contribution in [0.4, 0.5) is 5.82 Å². The number of hydrogen-bond donors (Lipinski definition) is 1. The molecule has 0 atom stereocenters. The van der Waals surface area contributed by atoms with Gasteiger partial charge in [-0.25, -0.2) is 4.98 Å². The molecule has 2 N–H and O–H groups in total. The van der Waals surface area contributed by atoms with E-state index in [1.165, 1.54) is 18.4 Å². The molecular weight excluding hydrogens is 148 g/mol. The van der Waals surface area contributed by atoms with E-state index in [4.69, 9.17) is 5.73 Å². The second-order valence-corrected chi connectivity index (χ2v) is 3.40. The van der Waals surface area contributed by atoms with E-state index in [0.717, 1.165) is 17.9 Å². The molecule has 12 heavy (non-hydrogen) atoms. The van der Waals surface area contributed by atoms with Crippen molar-refractivity contribution in [3.05, 3.63) is 23.4 Å². The number of nitrogens with two attached hydrogens (primary N) is 1. The molecule has 1 heterocycles. The Morgan fingerprint density at radius 2 is 2.25 bits per heavy atom. The van der Waals surface area contributed by atoms with Crippen LogP contribution in [0.15, 0.2) is 12.1 Å². The van der Waals surface area contributed by atoms with Gasteiger partial charge in [0.15, 0.2) is 0 Å². The van der Waals surface area contributed by atoms with E-state index in [2.05, 4.69) is 24.0 Å². The van der Waals surface area contributed by atoms with Crippen LogP contribution in [-0.4, -0.2) is 4.98 Å². The summed E-state index contributed by atoms with van der Waals surface area (Å²) in [7, 11) is 0. The van der Waals surface area contributed by atoms with E-state index in [0.29, 0.717) is 5.92 Å². The van der Waals surface area contributed by atoms with Crippen molar-refractivity contribution in [3.8, 4) is 0 Å². The molecule has 0 saturated heterocycles. The van der Waals surface area contributed by atoms with E-state index in [-0.39, 0.29) is 0 Å². The molecule has 1 aliphatic rings. The molecule has 1 aromatic heterocycles. The average molecular weight is 162 g/mol. The van der Waals surface area contributed by atoms with Gasteiger partial charge in [-0.05, 0) is 36.8 Å². The Bertz CT molecular complexity index is 290. The lowest BCUT2D eigenvalue weighted by Gasteiger charge is -2.04. The summed E-state index contributed by atoms with van der Waals surface area (Å²) in [5, 5.41) is 0. The summed E-state index contributed by atoms with van der Waals surface area (Å²) in [6.07, 6.45) is 3.55. The second kappa shape index (κ2) is 2.77. The zero-order chi connectivity index (χ0) is 8.55. The molecule has 2 heteroatoms. The maximum atomic E-state index is 5.83. The van der Waals surface area contributed by atoms with Crippen molar-refractivity contribution >= 4 is 5.82 Å². The molecule has 0 spiro atoms. The number of hydrogen-bond acceptors (Lipinski definition) is 2. The average Bonchev–Trinajstić information content (AvgIpc) is 2.87. The lowest BCUT2D eigenvalue weighted by Crippen LogP contribution is -1.99. The van der Waals surface area contributed by atoms with Gasteiger partial charge in [-0.2, -0.15) is 0 Å². The lowest BCUT2D eigenvalue weighted by atomic mass is 10.1. The summed E-state index contributed by atoms with van der Waals surface area (Å²) in [6, 6.07) is 4.23. The fourth-order valence-electron chi connectivity index (χ4n) is 1.46. The fourth-order valence-corrected chi connectivity index (χ4v) is 1.46.